The van der Waals surface area contributed by atoms with Gasteiger partial charge in [0, 0.05) is 25.2 Å². The second-order valence-corrected chi connectivity index (χ2v) is 6.21. The fourth-order valence-electron chi connectivity index (χ4n) is 3.49. The number of ether oxygens (including phenoxy) is 2. The predicted octanol–water partition coefficient (Wildman–Crippen LogP) is 2.62. The average molecular weight is 290 g/mol. The summed E-state index contributed by atoms with van der Waals surface area (Å²) in [6.45, 7) is 10.4. The summed E-state index contributed by atoms with van der Waals surface area (Å²) in [5, 5.41) is 3.62. The van der Waals surface area contributed by atoms with Crippen molar-refractivity contribution in [3.8, 4) is 11.5 Å². The van der Waals surface area contributed by atoms with Crippen molar-refractivity contribution in [2.75, 3.05) is 19.9 Å². The molecule has 2 aliphatic rings. The van der Waals surface area contributed by atoms with Crippen molar-refractivity contribution >= 4 is 0 Å². The van der Waals surface area contributed by atoms with Crippen LogP contribution in [-0.2, 0) is 6.54 Å². The first-order valence-corrected chi connectivity index (χ1v) is 8.05. The number of piperidine rings is 1. The van der Waals surface area contributed by atoms with Gasteiger partial charge in [-0.2, -0.15) is 0 Å². The molecule has 1 saturated heterocycles. The Morgan fingerprint density at radius 3 is 2.86 bits per heavy atom. The lowest BCUT2D eigenvalue weighted by atomic mass is 9.86. The van der Waals surface area contributed by atoms with Gasteiger partial charge in [0.15, 0.2) is 11.5 Å². The second-order valence-electron chi connectivity index (χ2n) is 6.21. The van der Waals surface area contributed by atoms with Gasteiger partial charge in [0.05, 0.1) is 0 Å². The Kier molecular flexibility index (Phi) is 4.36. The highest BCUT2D eigenvalue weighted by atomic mass is 16.7. The molecule has 1 aromatic carbocycles. The first kappa shape index (κ1) is 14.7. The molecule has 2 aliphatic heterocycles. The molecule has 0 amide bonds. The van der Waals surface area contributed by atoms with Crippen molar-refractivity contribution in [2.45, 2.75) is 45.8 Å². The summed E-state index contributed by atoms with van der Waals surface area (Å²) in [5.41, 5.74) is 1.31. The molecule has 0 saturated carbocycles. The van der Waals surface area contributed by atoms with E-state index in [0.717, 1.165) is 31.1 Å². The van der Waals surface area contributed by atoms with E-state index in [1.54, 1.807) is 0 Å². The van der Waals surface area contributed by atoms with Crippen LogP contribution in [0, 0.1) is 5.92 Å². The SMILES string of the molecule is CCNC1CCN(Cc2ccc3c(c2)OCO3)C(C)C1C. The van der Waals surface area contributed by atoms with E-state index in [-0.39, 0.29) is 0 Å². The van der Waals surface area contributed by atoms with Crippen molar-refractivity contribution < 1.29 is 9.47 Å². The lowest BCUT2D eigenvalue weighted by Crippen LogP contribution is -2.52. The van der Waals surface area contributed by atoms with E-state index in [9.17, 15) is 0 Å². The average Bonchev–Trinajstić information content (AvgIpc) is 2.94. The first-order chi connectivity index (χ1) is 10.2. The minimum Gasteiger partial charge on any atom is -0.454 e. The maximum Gasteiger partial charge on any atom is 0.231 e. The van der Waals surface area contributed by atoms with Crippen LogP contribution in [0.2, 0.25) is 0 Å². The molecule has 21 heavy (non-hydrogen) atoms. The van der Waals surface area contributed by atoms with Crippen LogP contribution in [0.1, 0.15) is 32.8 Å². The van der Waals surface area contributed by atoms with Crippen LogP contribution in [-0.4, -0.2) is 36.9 Å². The molecule has 3 rings (SSSR count). The molecule has 4 nitrogen and oxygen atoms in total. The smallest absolute Gasteiger partial charge is 0.231 e. The fraction of sp³-hybridized carbons (Fsp3) is 0.647. The highest BCUT2D eigenvalue weighted by molar-refractivity contribution is 5.44. The zero-order chi connectivity index (χ0) is 14.8. The van der Waals surface area contributed by atoms with Gasteiger partial charge in [0.25, 0.3) is 0 Å². The number of benzene rings is 1. The number of nitrogens with zero attached hydrogens (tertiary/aromatic N) is 1. The van der Waals surface area contributed by atoms with Gasteiger partial charge in [0.1, 0.15) is 0 Å². The van der Waals surface area contributed by atoms with Crippen LogP contribution in [0.25, 0.3) is 0 Å². The molecular weight excluding hydrogens is 264 g/mol. The number of rotatable bonds is 4. The van der Waals surface area contributed by atoms with Gasteiger partial charge in [0.2, 0.25) is 6.79 Å². The number of hydrogen-bond acceptors (Lipinski definition) is 4. The Labute approximate surface area is 127 Å². The summed E-state index contributed by atoms with van der Waals surface area (Å²) in [6, 6.07) is 7.54. The molecule has 3 unspecified atom stereocenters. The van der Waals surface area contributed by atoms with Crippen molar-refractivity contribution in [3.05, 3.63) is 23.8 Å². The fourth-order valence-corrected chi connectivity index (χ4v) is 3.49. The van der Waals surface area contributed by atoms with Gasteiger partial charge < -0.3 is 14.8 Å². The zero-order valence-electron chi connectivity index (χ0n) is 13.3. The maximum atomic E-state index is 5.47. The minimum atomic E-state index is 0.348. The molecule has 0 spiro atoms. The van der Waals surface area contributed by atoms with Crippen molar-refractivity contribution in [2.24, 2.45) is 5.92 Å². The van der Waals surface area contributed by atoms with Gasteiger partial charge >= 0.3 is 0 Å². The number of fused-ring (bicyclic) bond motifs is 1. The summed E-state index contributed by atoms with van der Waals surface area (Å²) >= 11 is 0. The van der Waals surface area contributed by atoms with E-state index in [0.29, 0.717) is 24.8 Å². The largest absolute Gasteiger partial charge is 0.454 e. The third-order valence-electron chi connectivity index (χ3n) is 4.99. The molecule has 0 aromatic heterocycles. The lowest BCUT2D eigenvalue weighted by molar-refractivity contribution is 0.0790. The Hall–Kier alpha value is -1.26. The highest BCUT2D eigenvalue weighted by Crippen LogP contribution is 2.33. The normalized spacial score (nSPS) is 28.8. The van der Waals surface area contributed by atoms with Crippen LogP contribution in [0.4, 0.5) is 0 Å². The topological polar surface area (TPSA) is 33.7 Å². The summed E-state index contributed by atoms with van der Waals surface area (Å²) < 4.78 is 10.9. The molecule has 1 aromatic rings. The van der Waals surface area contributed by atoms with Gasteiger partial charge in [-0.1, -0.05) is 19.9 Å². The minimum absolute atomic E-state index is 0.348. The van der Waals surface area contributed by atoms with Crippen LogP contribution in [0.15, 0.2) is 18.2 Å². The van der Waals surface area contributed by atoms with Crippen LogP contribution in [0.3, 0.4) is 0 Å². The van der Waals surface area contributed by atoms with Gasteiger partial charge in [-0.15, -0.1) is 0 Å². The third-order valence-corrected chi connectivity index (χ3v) is 4.99. The molecule has 2 heterocycles. The van der Waals surface area contributed by atoms with Gasteiger partial charge in [-0.3, -0.25) is 4.90 Å². The number of likely N-dealkylation sites (tertiary alicyclic amines) is 1. The molecule has 0 radical (unpaired) electrons. The number of nitrogens with one attached hydrogen (secondary N) is 1. The highest BCUT2D eigenvalue weighted by Gasteiger charge is 2.31. The Balaban J connectivity index is 1.65. The second kappa shape index (κ2) is 6.24. The molecule has 1 fully saturated rings. The Morgan fingerprint density at radius 2 is 2.05 bits per heavy atom. The van der Waals surface area contributed by atoms with Crippen molar-refractivity contribution in [1.82, 2.24) is 10.2 Å². The third kappa shape index (κ3) is 3.01. The molecule has 116 valence electrons. The van der Waals surface area contributed by atoms with Gasteiger partial charge in [-0.05, 0) is 43.5 Å². The molecular formula is C17H26N2O2. The van der Waals surface area contributed by atoms with E-state index in [1.165, 1.54) is 12.0 Å². The van der Waals surface area contributed by atoms with Crippen molar-refractivity contribution in [1.29, 1.82) is 0 Å². The standard InChI is InChI=1S/C17H26N2O2/c1-4-18-15-7-8-19(13(3)12(15)2)10-14-5-6-16-17(9-14)21-11-20-16/h5-6,9,12-13,15,18H,4,7-8,10-11H2,1-3H3. The first-order valence-electron chi connectivity index (χ1n) is 8.05. The molecule has 3 atom stereocenters. The van der Waals surface area contributed by atoms with Crippen molar-refractivity contribution in [3.63, 3.8) is 0 Å². The van der Waals surface area contributed by atoms with Crippen LogP contribution >= 0.6 is 0 Å². The predicted molar refractivity (Wildman–Crippen MR) is 83.7 cm³/mol. The van der Waals surface area contributed by atoms with Gasteiger partial charge in [-0.25, -0.2) is 0 Å². The molecule has 1 N–H and O–H groups in total. The summed E-state index contributed by atoms with van der Waals surface area (Å²) in [4.78, 5) is 2.58. The van der Waals surface area contributed by atoms with E-state index >= 15 is 0 Å². The molecule has 4 heteroatoms. The number of hydrogen-bond donors (Lipinski definition) is 1. The van der Waals surface area contributed by atoms with Crippen LogP contribution in [0.5, 0.6) is 11.5 Å². The van der Waals surface area contributed by atoms with E-state index in [4.69, 9.17) is 9.47 Å². The zero-order valence-corrected chi connectivity index (χ0v) is 13.3. The summed E-state index contributed by atoms with van der Waals surface area (Å²) in [6.07, 6.45) is 1.23. The molecule has 0 aliphatic carbocycles. The maximum absolute atomic E-state index is 5.47. The van der Waals surface area contributed by atoms with E-state index in [2.05, 4.69) is 43.1 Å². The monoisotopic (exact) mass is 290 g/mol. The summed E-state index contributed by atoms with van der Waals surface area (Å²) in [7, 11) is 0. The Morgan fingerprint density at radius 1 is 1.24 bits per heavy atom. The van der Waals surface area contributed by atoms with Crippen LogP contribution < -0.4 is 14.8 Å². The summed E-state index contributed by atoms with van der Waals surface area (Å²) in [5.74, 6) is 2.43. The molecule has 0 bridgehead atoms. The quantitative estimate of drug-likeness (QED) is 0.924. The lowest BCUT2D eigenvalue weighted by Gasteiger charge is -2.43. The van der Waals surface area contributed by atoms with E-state index in [1.807, 2.05) is 6.07 Å². The Bertz CT molecular complexity index is 492. The van der Waals surface area contributed by atoms with E-state index < -0.39 is 0 Å².